The molecule has 0 aliphatic carbocycles. The van der Waals surface area contributed by atoms with Crippen molar-refractivity contribution < 1.29 is 4.74 Å². The highest BCUT2D eigenvalue weighted by atomic mass is 16.5. The fourth-order valence-corrected chi connectivity index (χ4v) is 2.04. The predicted molar refractivity (Wildman–Crippen MR) is 77.5 cm³/mol. The lowest BCUT2D eigenvalue weighted by Crippen LogP contribution is -2.08. The molecule has 0 radical (unpaired) electrons. The number of benzene rings is 2. The molecule has 0 aliphatic rings. The zero-order valence-electron chi connectivity index (χ0n) is 11.4. The number of nitrogens with zero attached hydrogens (tertiary/aromatic N) is 1. The van der Waals surface area contributed by atoms with Gasteiger partial charge in [-0.15, -0.1) is 0 Å². The first-order chi connectivity index (χ1) is 8.61. The summed E-state index contributed by atoms with van der Waals surface area (Å²) >= 11 is 0. The lowest BCUT2D eigenvalue weighted by molar-refractivity contribution is 0.415. The van der Waals surface area contributed by atoms with Gasteiger partial charge in [-0.05, 0) is 47.9 Å². The van der Waals surface area contributed by atoms with E-state index in [1.165, 1.54) is 22.4 Å². The first-order valence-electron chi connectivity index (χ1n) is 6.04. The van der Waals surface area contributed by atoms with Crippen LogP contribution in [0.5, 0.6) is 5.75 Å². The molecule has 0 N–H and O–H groups in total. The van der Waals surface area contributed by atoms with Crippen molar-refractivity contribution in [2.75, 3.05) is 26.1 Å². The van der Waals surface area contributed by atoms with E-state index in [4.69, 9.17) is 4.74 Å². The van der Waals surface area contributed by atoms with Gasteiger partial charge < -0.3 is 9.64 Å². The SMILES string of the molecule is COc1cccc(-c2ccc(N(C)C)cc2C)c1. The molecule has 0 bridgehead atoms. The molecule has 0 saturated heterocycles. The van der Waals surface area contributed by atoms with Gasteiger partial charge in [-0.2, -0.15) is 0 Å². The average molecular weight is 241 g/mol. The molecule has 0 aromatic heterocycles. The molecule has 0 aliphatic heterocycles. The van der Waals surface area contributed by atoms with Crippen molar-refractivity contribution in [1.29, 1.82) is 0 Å². The lowest BCUT2D eigenvalue weighted by atomic mass is 9.99. The number of rotatable bonds is 3. The Kier molecular flexibility index (Phi) is 3.56. The fraction of sp³-hybridized carbons (Fsp3) is 0.250. The normalized spacial score (nSPS) is 10.2. The summed E-state index contributed by atoms with van der Waals surface area (Å²) in [6.07, 6.45) is 0. The number of anilines is 1. The van der Waals surface area contributed by atoms with Crippen molar-refractivity contribution in [2.24, 2.45) is 0 Å². The average Bonchev–Trinajstić information content (AvgIpc) is 2.38. The van der Waals surface area contributed by atoms with Gasteiger partial charge in [0.1, 0.15) is 5.75 Å². The molecular weight excluding hydrogens is 222 g/mol. The topological polar surface area (TPSA) is 12.5 Å². The zero-order chi connectivity index (χ0) is 13.1. The van der Waals surface area contributed by atoms with Crippen LogP contribution in [-0.4, -0.2) is 21.2 Å². The molecular formula is C16H19NO. The summed E-state index contributed by atoms with van der Waals surface area (Å²) in [4.78, 5) is 2.11. The van der Waals surface area contributed by atoms with Gasteiger partial charge in [-0.25, -0.2) is 0 Å². The molecule has 0 amide bonds. The predicted octanol–water partition coefficient (Wildman–Crippen LogP) is 3.74. The summed E-state index contributed by atoms with van der Waals surface area (Å²) in [5.74, 6) is 0.892. The van der Waals surface area contributed by atoms with Gasteiger partial charge in [0.05, 0.1) is 7.11 Å². The maximum Gasteiger partial charge on any atom is 0.119 e. The summed E-state index contributed by atoms with van der Waals surface area (Å²) < 4.78 is 5.27. The van der Waals surface area contributed by atoms with Crippen LogP contribution in [0, 0.1) is 6.92 Å². The second-order valence-electron chi connectivity index (χ2n) is 4.63. The van der Waals surface area contributed by atoms with Crippen LogP contribution >= 0.6 is 0 Å². The van der Waals surface area contributed by atoms with E-state index in [-0.39, 0.29) is 0 Å². The van der Waals surface area contributed by atoms with Crippen LogP contribution in [0.2, 0.25) is 0 Å². The number of methoxy groups -OCH3 is 1. The molecule has 94 valence electrons. The Labute approximate surface area is 109 Å². The molecule has 2 rings (SSSR count). The third-order valence-electron chi connectivity index (χ3n) is 3.11. The summed E-state index contributed by atoms with van der Waals surface area (Å²) in [6.45, 7) is 2.14. The Morgan fingerprint density at radius 3 is 2.39 bits per heavy atom. The molecule has 2 nitrogen and oxygen atoms in total. The monoisotopic (exact) mass is 241 g/mol. The van der Waals surface area contributed by atoms with Crippen LogP contribution in [-0.2, 0) is 0 Å². The van der Waals surface area contributed by atoms with E-state index in [1.54, 1.807) is 7.11 Å². The molecule has 2 heteroatoms. The molecule has 0 unspecified atom stereocenters. The minimum atomic E-state index is 0.892. The molecule has 0 atom stereocenters. The minimum Gasteiger partial charge on any atom is -0.497 e. The first-order valence-corrected chi connectivity index (χ1v) is 6.04. The number of ether oxygens (including phenoxy) is 1. The van der Waals surface area contributed by atoms with Gasteiger partial charge >= 0.3 is 0 Å². The number of aryl methyl sites for hydroxylation is 1. The van der Waals surface area contributed by atoms with E-state index in [0.29, 0.717) is 0 Å². The van der Waals surface area contributed by atoms with Crippen molar-refractivity contribution >= 4 is 5.69 Å². The Morgan fingerprint density at radius 2 is 1.78 bits per heavy atom. The van der Waals surface area contributed by atoms with Crippen molar-refractivity contribution in [3.8, 4) is 16.9 Å². The highest BCUT2D eigenvalue weighted by Gasteiger charge is 2.05. The van der Waals surface area contributed by atoms with Crippen LogP contribution in [0.4, 0.5) is 5.69 Å². The maximum atomic E-state index is 5.27. The smallest absolute Gasteiger partial charge is 0.119 e. The van der Waals surface area contributed by atoms with Crippen molar-refractivity contribution in [3.05, 3.63) is 48.0 Å². The number of hydrogen-bond donors (Lipinski definition) is 0. The van der Waals surface area contributed by atoms with E-state index < -0.39 is 0 Å². The Balaban J connectivity index is 2.44. The van der Waals surface area contributed by atoms with Gasteiger partial charge in [-0.1, -0.05) is 18.2 Å². The van der Waals surface area contributed by atoms with Crippen LogP contribution in [0.1, 0.15) is 5.56 Å². The highest BCUT2D eigenvalue weighted by Crippen LogP contribution is 2.29. The minimum absolute atomic E-state index is 0.892. The summed E-state index contributed by atoms with van der Waals surface area (Å²) in [5, 5.41) is 0. The van der Waals surface area contributed by atoms with Gasteiger partial charge in [0.15, 0.2) is 0 Å². The van der Waals surface area contributed by atoms with E-state index in [0.717, 1.165) is 5.75 Å². The third kappa shape index (κ3) is 2.48. The van der Waals surface area contributed by atoms with E-state index >= 15 is 0 Å². The molecule has 0 fully saturated rings. The molecule has 18 heavy (non-hydrogen) atoms. The lowest BCUT2D eigenvalue weighted by Gasteiger charge is -2.15. The Hall–Kier alpha value is -1.96. The first kappa shape index (κ1) is 12.5. The zero-order valence-corrected chi connectivity index (χ0v) is 11.4. The Morgan fingerprint density at radius 1 is 1.00 bits per heavy atom. The molecule has 2 aromatic carbocycles. The van der Waals surface area contributed by atoms with Crippen LogP contribution in [0.25, 0.3) is 11.1 Å². The molecule has 0 heterocycles. The quantitative estimate of drug-likeness (QED) is 0.811. The molecule has 0 saturated carbocycles. The standard InChI is InChI=1S/C16H19NO/c1-12-10-14(17(2)3)8-9-16(12)13-6-5-7-15(11-13)18-4/h5-11H,1-4H3. The second kappa shape index (κ2) is 5.13. The second-order valence-corrected chi connectivity index (χ2v) is 4.63. The van der Waals surface area contributed by atoms with Crippen LogP contribution in [0.3, 0.4) is 0 Å². The van der Waals surface area contributed by atoms with Gasteiger partial charge in [0.2, 0.25) is 0 Å². The summed E-state index contributed by atoms with van der Waals surface area (Å²) in [5.41, 5.74) is 4.94. The highest BCUT2D eigenvalue weighted by molar-refractivity contribution is 5.71. The summed E-state index contributed by atoms with van der Waals surface area (Å²) in [6, 6.07) is 14.7. The maximum absolute atomic E-state index is 5.27. The van der Waals surface area contributed by atoms with Gasteiger partial charge in [-0.3, -0.25) is 0 Å². The fourth-order valence-electron chi connectivity index (χ4n) is 2.04. The Bertz CT molecular complexity index is 547. The third-order valence-corrected chi connectivity index (χ3v) is 3.11. The number of hydrogen-bond acceptors (Lipinski definition) is 2. The van der Waals surface area contributed by atoms with Gasteiger partial charge in [0.25, 0.3) is 0 Å². The van der Waals surface area contributed by atoms with Crippen molar-refractivity contribution in [2.45, 2.75) is 6.92 Å². The van der Waals surface area contributed by atoms with E-state index in [9.17, 15) is 0 Å². The van der Waals surface area contributed by atoms with Gasteiger partial charge in [0, 0.05) is 19.8 Å². The van der Waals surface area contributed by atoms with E-state index in [1.807, 2.05) is 12.1 Å². The largest absolute Gasteiger partial charge is 0.497 e. The van der Waals surface area contributed by atoms with Crippen molar-refractivity contribution in [1.82, 2.24) is 0 Å². The van der Waals surface area contributed by atoms with Crippen molar-refractivity contribution in [3.63, 3.8) is 0 Å². The summed E-state index contributed by atoms with van der Waals surface area (Å²) in [7, 11) is 5.81. The van der Waals surface area contributed by atoms with E-state index in [2.05, 4.69) is 56.3 Å². The molecule has 2 aromatic rings. The molecule has 0 spiro atoms. The van der Waals surface area contributed by atoms with Crippen LogP contribution < -0.4 is 9.64 Å². The van der Waals surface area contributed by atoms with Crippen LogP contribution in [0.15, 0.2) is 42.5 Å².